The number of aromatic nitrogens is 4. The third-order valence-electron chi connectivity index (χ3n) is 3.70. The van der Waals surface area contributed by atoms with Crippen LogP contribution in [0.3, 0.4) is 0 Å². The van der Waals surface area contributed by atoms with Crippen LogP contribution in [0.5, 0.6) is 0 Å². The Kier molecular flexibility index (Phi) is 3.87. The van der Waals surface area contributed by atoms with Crippen molar-refractivity contribution in [2.24, 2.45) is 7.05 Å². The smallest absolute Gasteiger partial charge is 0.295 e. The molecule has 8 nitrogen and oxygen atoms in total. The van der Waals surface area contributed by atoms with Gasteiger partial charge in [0.05, 0.1) is 11.4 Å². The Balaban J connectivity index is 2.01. The molecule has 0 aliphatic heterocycles. The fourth-order valence-electron chi connectivity index (χ4n) is 2.36. The molecule has 2 aromatic heterocycles. The van der Waals surface area contributed by atoms with E-state index in [9.17, 15) is 14.4 Å². The van der Waals surface area contributed by atoms with Crippen molar-refractivity contribution in [3.63, 3.8) is 0 Å². The van der Waals surface area contributed by atoms with E-state index in [2.05, 4.69) is 15.5 Å². The van der Waals surface area contributed by atoms with E-state index in [0.717, 1.165) is 0 Å². The number of hydrogen-bond donors (Lipinski definition) is 2. The molecule has 0 radical (unpaired) electrons. The number of amides is 1. The van der Waals surface area contributed by atoms with Gasteiger partial charge < -0.3 is 5.32 Å². The van der Waals surface area contributed by atoms with Crippen LogP contribution >= 0.6 is 0 Å². The number of nitrogens with zero attached hydrogens (tertiary/aromatic N) is 3. The van der Waals surface area contributed by atoms with Gasteiger partial charge in [0.1, 0.15) is 11.4 Å². The third-order valence-corrected chi connectivity index (χ3v) is 3.70. The first-order valence-electron chi connectivity index (χ1n) is 7.20. The average Bonchev–Trinajstić information content (AvgIpc) is 2.80. The van der Waals surface area contributed by atoms with Gasteiger partial charge in [0.2, 0.25) is 0 Å². The van der Waals surface area contributed by atoms with Crippen LogP contribution in [-0.4, -0.2) is 25.5 Å². The zero-order chi connectivity index (χ0) is 17.3. The molecule has 0 saturated carbocycles. The van der Waals surface area contributed by atoms with E-state index in [1.54, 1.807) is 30.8 Å². The molecule has 0 spiro atoms. The van der Waals surface area contributed by atoms with Gasteiger partial charge >= 0.3 is 0 Å². The van der Waals surface area contributed by atoms with Crippen molar-refractivity contribution < 1.29 is 4.79 Å². The highest BCUT2D eigenvalue weighted by molar-refractivity contribution is 6.02. The first-order chi connectivity index (χ1) is 11.5. The Morgan fingerprint density at radius 3 is 2.46 bits per heavy atom. The summed E-state index contributed by atoms with van der Waals surface area (Å²) in [4.78, 5) is 35.9. The zero-order valence-corrected chi connectivity index (χ0v) is 13.1. The average molecular weight is 325 g/mol. The Labute approximate surface area is 136 Å². The monoisotopic (exact) mass is 325 g/mol. The summed E-state index contributed by atoms with van der Waals surface area (Å²) in [6.45, 7) is 1.73. The minimum atomic E-state index is -0.572. The number of anilines is 1. The van der Waals surface area contributed by atoms with Crippen molar-refractivity contribution in [3.8, 4) is 5.69 Å². The first kappa shape index (κ1) is 15.5. The summed E-state index contributed by atoms with van der Waals surface area (Å²) < 4.78 is 3.12. The van der Waals surface area contributed by atoms with E-state index in [0.29, 0.717) is 11.4 Å². The lowest BCUT2D eigenvalue weighted by Gasteiger charge is -2.07. The van der Waals surface area contributed by atoms with Crippen molar-refractivity contribution in [3.05, 3.63) is 74.6 Å². The van der Waals surface area contributed by atoms with Gasteiger partial charge in [-0.25, -0.2) is 9.78 Å². The lowest BCUT2D eigenvalue weighted by atomic mass is 10.3. The van der Waals surface area contributed by atoms with Crippen molar-refractivity contribution in [2.45, 2.75) is 6.92 Å². The SMILES string of the molecule is Cc1c(NC(=O)c2ccc(=O)[nH]n2)c(=O)n(-c2ccccc2)n1C. The molecule has 0 aliphatic rings. The molecule has 0 atom stereocenters. The fraction of sp³-hybridized carbons (Fsp3) is 0.125. The lowest BCUT2D eigenvalue weighted by molar-refractivity contribution is 0.102. The van der Waals surface area contributed by atoms with Crippen LogP contribution in [0.4, 0.5) is 5.69 Å². The standard InChI is InChI=1S/C16H15N5O3/c1-10-14(17-15(23)12-8-9-13(22)19-18-12)16(24)21(20(10)2)11-6-4-3-5-7-11/h3-9H,1-2H3,(H,17,23)(H,19,22). The van der Waals surface area contributed by atoms with Gasteiger partial charge in [0, 0.05) is 13.1 Å². The number of para-hydroxylation sites is 1. The highest BCUT2D eigenvalue weighted by Gasteiger charge is 2.19. The molecular formula is C16H15N5O3. The van der Waals surface area contributed by atoms with Crippen molar-refractivity contribution in [1.29, 1.82) is 0 Å². The molecule has 1 aromatic carbocycles. The zero-order valence-electron chi connectivity index (χ0n) is 13.1. The van der Waals surface area contributed by atoms with Crippen LogP contribution in [0.15, 0.2) is 52.1 Å². The maximum atomic E-state index is 12.7. The minimum absolute atomic E-state index is 0.0171. The summed E-state index contributed by atoms with van der Waals surface area (Å²) in [6, 6.07) is 11.6. The van der Waals surface area contributed by atoms with Gasteiger partial charge in [-0.1, -0.05) is 18.2 Å². The van der Waals surface area contributed by atoms with Crippen LogP contribution in [0.2, 0.25) is 0 Å². The molecule has 0 aliphatic carbocycles. The van der Waals surface area contributed by atoms with E-state index >= 15 is 0 Å². The van der Waals surface area contributed by atoms with Gasteiger partial charge in [-0.2, -0.15) is 5.10 Å². The molecule has 2 heterocycles. The van der Waals surface area contributed by atoms with Crippen molar-refractivity contribution in [1.82, 2.24) is 19.6 Å². The van der Waals surface area contributed by atoms with Crippen LogP contribution in [0, 0.1) is 6.92 Å². The van der Waals surface area contributed by atoms with Crippen LogP contribution in [0.1, 0.15) is 16.2 Å². The molecule has 3 rings (SSSR count). The quantitative estimate of drug-likeness (QED) is 0.744. The fourth-order valence-corrected chi connectivity index (χ4v) is 2.36. The van der Waals surface area contributed by atoms with Crippen LogP contribution in [0.25, 0.3) is 5.69 Å². The summed E-state index contributed by atoms with van der Waals surface area (Å²) >= 11 is 0. The predicted molar refractivity (Wildman–Crippen MR) is 88.6 cm³/mol. The molecule has 0 bridgehead atoms. The summed E-state index contributed by atoms with van der Waals surface area (Å²) in [7, 11) is 1.73. The highest BCUT2D eigenvalue weighted by atomic mass is 16.2. The van der Waals surface area contributed by atoms with Gasteiger partial charge in [-0.05, 0) is 25.1 Å². The predicted octanol–water partition coefficient (Wildman–Crippen LogP) is 0.820. The summed E-state index contributed by atoms with van der Waals surface area (Å²) in [5.74, 6) is -0.572. The number of hydrogen-bond acceptors (Lipinski definition) is 4. The Morgan fingerprint density at radius 2 is 1.83 bits per heavy atom. The molecule has 3 aromatic rings. The summed E-state index contributed by atoms with van der Waals surface area (Å²) in [5.41, 5.74) is 0.716. The molecular weight excluding hydrogens is 310 g/mol. The number of rotatable bonds is 3. The molecule has 122 valence electrons. The van der Waals surface area contributed by atoms with Crippen molar-refractivity contribution in [2.75, 3.05) is 5.32 Å². The Hall–Kier alpha value is -3.42. The van der Waals surface area contributed by atoms with E-state index in [1.165, 1.54) is 16.8 Å². The first-order valence-corrected chi connectivity index (χ1v) is 7.20. The van der Waals surface area contributed by atoms with Crippen molar-refractivity contribution >= 4 is 11.6 Å². The second-order valence-corrected chi connectivity index (χ2v) is 5.20. The van der Waals surface area contributed by atoms with E-state index in [1.807, 2.05) is 18.2 Å². The minimum Gasteiger partial charge on any atom is -0.314 e. The second-order valence-electron chi connectivity index (χ2n) is 5.20. The van der Waals surface area contributed by atoms with Gasteiger partial charge in [0.15, 0.2) is 0 Å². The number of carbonyl (C=O) groups excluding carboxylic acids is 1. The van der Waals surface area contributed by atoms with Crippen LogP contribution in [-0.2, 0) is 7.05 Å². The summed E-state index contributed by atoms with van der Waals surface area (Å²) in [6.07, 6.45) is 0. The Bertz CT molecular complexity index is 994. The van der Waals surface area contributed by atoms with E-state index in [4.69, 9.17) is 0 Å². The van der Waals surface area contributed by atoms with Gasteiger partial charge in [0.25, 0.3) is 17.0 Å². The maximum Gasteiger partial charge on any atom is 0.295 e. The topological polar surface area (TPSA) is 102 Å². The molecule has 24 heavy (non-hydrogen) atoms. The number of benzene rings is 1. The highest BCUT2D eigenvalue weighted by Crippen LogP contribution is 2.14. The normalized spacial score (nSPS) is 10.6. The van der Waals surface area contributed by atoms with E-state index < -0.39 is 11.5 Å². The number of carbonyl (C=O) groups is 1. The number of H-pyrrole nitrogens is 1. The maximum absolute atomic E-state index is 12.7. The molecule has 0 unspecified atom stereocenters. The number of aromatic amines is 1. The summed E-state index contributed by atoms with van der Waals surface area (Å²) in [5, 5.41) is 8.41. The second kappa shape index (κ2) is 5.99. The molecule has 0 fully saturated rings. The Morgan fingerprint density at radius 1 is 1.12 bits per heavy atom. The lowest BCUT2D eigenvalue weighted by Crippen LogP contribution is -2.24. The molecule has 2 N–H and O–H groups in total. The van der Waals surface area contributed by atoms with Gasteiger partial charge in [-0.3, -0.25) is 19.1 Å². The number of nitrogens with one attached hydrogen (secondary N) is 2. The van der Waals surface area contributed by atoms with Crippen LogP contribution < -0.4 is 16.4 Å². The molecule has 0 saturated heterocycles. The third kappa shape index (κ3) is 2.65. The van der Waals surface area contributed by atoms with Gasteiger partial charge in [-0.15, -0.1) is 0 Å². The molecule has 1 amide bonds. The van der Waals surface area contributed by atoms with E-state index in [-0.39, 0.29) is 16.9 Å². The molecule has 8 heteroatoms. The largest absolute Gasteiger partial charge is 0.314 e.